The number of aryl methyl sites for hydroxylation is 1. The Morgan fingerprint density at radius 2 is 1.96 bits per heavy atom. The largest absolute Gasteiger partial charge is 0.338 e. The Kier molecular flexibility index (Phi) is 4.87. The number of benzene rings is 1. The van der Waals surface area contributed by atoms with Crippen molar-refractivity contribution in [3.63, 3.8) is 0 Å². The molecule has 0 aliphatic carbocycles. The molecule has 0 saturated carbocycles. The zero-order valence-electron chi connectivity index (χ0n) is 15.5. The number of fused-ring (bicyclic) bond motifs is 1. The van der Waals surface area contributed by atoms with Crippen molar-refractivity contribution < 1.29 is 4.79 Å². The van der Waals surface area contributed by atoms with Crippen LogP contribution < -0.4 is 16.2 Å². The lowest BCUT2D eigenvalue weighted by Crippen LogP contribution is -2.47. The third-order valence-corrected chi connectivity index (χ3v) is 5.18. The number of carbonyl (C=O) groups excluding carboxylic acids is 1. The number of rotatable bonds is 5. The van der Waals surface area contributed by atoms with Gasteiger partial charge in [0, 0.05) is 24.7 Å². The first-order valence-corrected chi connectivity index (χ1v) is 9.32. The summed E-state index contributed by atoms with van der Waals surface area (Å²) >= 11 is 0. The Labute approximate surface area is 158 Å². The smallest absolute Gasteiger partial charge is 0.241 e. The van der Waals surface area contributed by atoms with Crippen molar-refractivity contribution in [2.45, 2.75) is 39.0 Å². The monoisotopic (exact) mass is 364 g/mol. The first-order chi connectivity index (χ1) is 13.2. The number of aromatic nitrogens is 3. The molecule has 27 heavy (non-hydrogen) atoms. The van der Waals surface area contributed by atoms with Gasteiger partial charge >= 0.3 is 0 Å². The molecule has 2 aromatic heterocycles. The molecule has 3 unspecified atom stereocenters. The lowest BCUT2D eigenvalue weighted by atomic mass is 9.95. The molecule has 1 aromatic carbocycles. The van der Waals surface area contributed by atoms with E-state index in [0.717, 1.165) is 28.8 Å². The molecule has 1 fully saturated rings. The Bertz CT molecular complexity index is 938. The molecule has 7 heteroatoms. The molecule has 3 atom stereocenters. The van der Waals surface area contributed by atoms with E-state index in [1.54, 1.807) is 12.4 Å². The molecule has 3 aromatic rings. The SMILES string of the molecule is CCc1nc2ccccc2n1CC(=O)NC1NNC(c2ccncc2)C1C. The Balaban J connectivity index is 1.46. The van der Waals surface area contributed by atoms with Crippen LogP contribution in [0, 0.1) is 5.92 Å². The van der Waals surface area contributed by atoms with Crippen LogP contribution >= 0.6 is 0 Å². The van der Waals surface area contributed by atoms with Crippen LogP contribution in [0.1, 0.15) is 31.3 Å². The fourth-order valence-corrected chi connectivity index (χ4v) is 3.69. The summed E-state index contributed by atoms with van der Waals surface area (Å²) in [5, 5.41) is 3.11. The lowest BCUT2D eigenvalue weighted by Gasteiger charge is -2.20. The first kappa shape index (κ1) is 17.6. The van der Waals surface area contributed by atoms with Gasteiger partial charge in [0.25, 0.3) is 0 Å². The fraction of sp³-hybridized carbons (Fsp3) is 0.350. The average Bonchev–Trinajstić information content (AvgIpc) is 3.23. The van der Waals surface area contributed by atoms with Gasteiger partial charge in [-0.1, -0.05) is 26.0 Å². The Morgan fingerprint density at radius 3 is 2.74 bits per heavy atom. The summed E-state index contributed by atoms with van der Waals surface area (Å²) in [6.45, 7) is 4.43. The zero-order valence-corrected chi connectivity index (χ0v) is 15.5. The van der Waals surface area contributed by atoms with E-state index in [4.69, 9.17) is 0 Å². The summed E-state index contributed by atoms with van der Waals surface area (Å²) in [6, 6.07) is 12.0. The minimum absolute atomic E-state index is 0.0330. The summed E-state index contributed by atoms with van der Waals surface area (Å²) < 4.78 is 2.00. The Morgan fingerprint density at radius 1 is 1.19 bits per heavy atom. The number of nitrogens with one attached hydrogen (secondary N) is 3. The van der Waals surface area contributed by atoms with E-state index in [2.05, 4.69) is 40.0 Å². The third-order valence-electron chi connectivity index (χ3n) is 5.18. The summed E-state index contributed by atoms with van der Waals surface area (Å²) in [5.74, 6) is 1.09. The highest BCUT2D eigenvalue weighted by molar-refractivity contribution is 5.81. The van der Waals surface area contributed by atoms with Crippen LogP contribution in [0.2, 0.25) is 0 Å². The molecule has 1 saturated heterocycles. The van der Waals surface area contributed by atoms with E-state index in [-0.39, 0.29) is 30.6 Å². The van der Waals surface area contributed by atoms with Crippen LogP contribution in [0.4, 0.5) is 0 Å². The van der Waals surface area contributed by atoms with E-state index >= 15 is 0 Å². The summed E-state index contributed by atoms with van der Waals surface area (Å²) in [5.41, 5.74) is 9.55. The van der Waals surface area contributed by atoms with Crippen LogP contribution in [0.25, 0.3) is 11.0 Å². The van der Waals surface area contributed by atoms with Crippen LogP contribution in [0.3, 0.4) is 0 Å². The fourth-order valence-electron chi connectivity index (χ4n) is 3.69. The topological polar surface area (TPSA) is 83.9 Å². The predicted molar refractivity (Wildman–Crippen MR) is 103 cm³/mol. The highest BCUT2D eigenvalue weighted by Gasteiger charge is 2.34. The number of hydrogen-bond acceptors (Lipinski definition) is 5. The molecule has 1 aliphatic heterocycles. The summed E-state index contributed by atoms with van der Waals surface area (Å²) in [7, 11) is 0. The van der Waals surface area contributed by atoms with E-state index in [9.17, 15) is 4.79 Å². The molecule has 0 bridgehead atoms. The molecule has 3 N–H and O–H groups in total. The van der Waals surface area contributed by atoms with E-state index < -0.39 is 0 Å². The molecule has 140 valence electrons. The first-order valence-electron chi connectivity index (χ1n) is 9.32. The number of para-hydroxylation sites is 2. The van der Waals surface area contributed by atoms with Crippen LogP contribution in [-0.4, -0.2) is 26.6 Å². The molecule has 1 amide bonds. The van der Waals surface area contributed by atoms with Crippen molar-refractivity contribution in [1.82, 2.24) is 30.7 Å². The number of imidazole rings is 1. The highest BCUT2D eigenvalue weighted by atomic mass is 16.2. The quantitative estimate of drug-likeness (QED) is 0.644. The van der Waals surface area contributed by atoms with Gasteiger partial charge in [-0.15, -0.1) is 0 Å². The molecule has 4 rings (SSSR count). The number of carbonyl (C=O) groups is 1. The van der Waals surface area contributed by atoms with Crippen molar-refractivity contribution in [1.29, 1.82) is 0 Å². The zero-order chi connectivity index (χ0) is 18.8. The van der Waals surface area contributed by atoms with Crippen molar-refractivity contribution in [3.05, 3.63) is 60.2 Å². The van der Waals surface area contributed by atoms with Gasteiger partial charge in [0.2, 0.25) is 5.91 Å². The molecule has 0 spiro atoms. The maximum atomic E-state index is 12.7. The second-order valence-electron chi connectivity index (χ2n) is 6.91. The molecular weight excluding hydrogens is 340 g/mol. The van der Waals surface area contributed by atoms with E-state index in [1.165, 1.54) is 0 Å². The second kappa shape index (κ2) is 7.46. The van der Waals surface area contributed by atoms with Crippen LogP contribution in [-0.2, 0) is 17.8 Å². The van der Waals surface area contributed by atoms with Gasteiger partial charge in [0.1, 0.15) is 12.4 Å². The van der Waals surface area contributed by atoms with Gasteiger partial charge in [-0.3, -0.25) is 9.78 Å². The van der Waals surface area contributed by atoms with Crippen LogP contribution in [0.15, 0.2) is 48.8 Å². The number of hydrazine groups is 1. The number of nitrogens with zero attached hydrogens (tertiary/aromatic N) is 3. The maximum Gasteiger partial charge on any atom is 0.241 e. The Hall–Kier alpha value is -2.77. The van der Waals surface area contributed by atoms with Gasteiger partial charge in [0.05, 0.1) is 23.2 Å². The minimum atomic E-state index is -0.143. The number of pyridine rings is 1. The minimum Gasteiger partial charge on any atom is -0.338 e. The van der Waals surface area contributed by atoms with E-state index in [0.29, 0.717) is 0 Å². The number of hydrogen-bond donors (Lipinski definition) is 3. The van der Waals surface area contributed by atoms with Gasteiger partial charge in [-0.25, -0.2) is 15.8 Å². The standard InChI is InChI=1S/C20H24N6O/c1-3-17-22-15-6-4-5-7-16(15)26(17)12-18(27)23-20-13(2)19(24-25-20)14-8-10-21-11-9-14/h4-11,13,19-20,24-25H,3,12H2,1-2H3,(H,23,27). The molecule has 0 radical (unpaired) electrons. The molecule has 1 aliphatic rings. The van der Waals surface area contributed by atoms with Crippen molar-refractivity contribution >= 4 is 16.9 Å². The van der Waals surface area contributed by atoms with Crippen LogP contribution in [0.5, 0.6) is 0 Å². The maximum absolute atomic E-state index is 12.7. The van der Waals surface area contributed by atoms with Gasteiger partial charge < -0.3 is 9.88 Å². The molecule has 3 heterocycles. The molecular formula is C20H24N6O. The van der Waals surface area contributed by atoms with Gasteiger partial charge in [-0.2, -0.15) is 0 Å². The van der Waals surface area contributed by atoms with Crippen molar-refractivity contribution in [3.8, 4) is 0 Å². The molecule has 7 nitrogen and oxygen atoms in total. The van der Waals surface area contributed by atoms with Crippen molar-refractivity contribution in [2.75, 3.05) is 0 Å². The van der Waals surface area contributed by atoms with Crippen molar-refractivity contribution in [2.24, 2.45) is 5.92 Å². The van der Waals surface area contributed by atoms with Gasteiger partial charge in [-0.05, 0) is 29.8 Å². The lowest BCUT2D eigenvalue weighted by molar-refractivity contribution is -0.122. The predicted octanol–water partition coefficient (Wildman–Crippen LogP) is 1.92. The third kappa shape index (κ3) is 3.43. The van der Waals surface area contributed by atoms with Gasteiger partial charge in [0.15, 0.2) is 0 Å². The number of amides is 1. The normalized spacial score (nSPS) is 22.2. The highest BCUT2D eigenvalue weighted by Crippen LogP contribution is 2.26. The summed E-state index contributed by atoms with van der Waals surface area (Å²) in [4.78, 5) is 21.4. The summed E-state index contributed by atoms with van der Waals surface area (Å²) in [6.07, 6.45) is 4.21. The van der Waals surface area contributed by atoms with E-state index in [1.807, 2.05) is 41.0 Å². The second-order valence-corrected chi connectivity index (χ2v) is 6.91. The average molecular weight is 364 g/mol.